The molecule has 1 atom stereocenters. The number of hydrogen-bond acceptors (Lipinski definition) is 7. The molecule has 3 N–H and O–H groups in total. The van der Waals surface area contributed by atoms with Crippen molar-refractivity contribution < 1.29 is 13.2 Å². The van der Waals surface area contributed by atoms with Crippen molar-refractivity contribution in [2.24, 2.45) is 12.2 Å². The lowest BCUT2D eigenvalue weighted by Crippen LogP contribution is -2.23. The molecule has 33 heavy (non-hydrogen) atoms. The third-order valence-corrected chi connectivity index (χ3v) is 7.25. The van der Waals surface area contributed by atoms with E-state index in [4.69, 9.17) is 5.14 Å². The highest BCUT2D eigenvalue weighted by Crippen LogP contribution is 2.27. The summed E-state index contributed by atoms with van der Waals surface area (Å²) in [5, 5.41) is 16.6. The molecule has 0 spiro atoms. The lowest BCUT2D eigenvalue weighted by atomic mass is 10.2. The van der Waals surface area contributed by atoms with Gasteiger partial charge in [-0.25, -0.2) is 13.6 Å². The van der Waals surface area contributed by atoms with Crippen molar-refractivity contribution >= 4 is 39.1 Å². The molecular formula is C22H28N6O3S2. The van der Waals surface area contributed by atoms with Gasteiger partial charge in [0.25, 0.3) is 0 Å². The number of hydrogen-bond donors (Lipinski definition) is 2. The van der Waals surface area contributed by atoms with Crippen LogP contribution in [0.15, 0.2) is 58.6 Å². The highest BCUT2D eigenvalue weighted by atomic mass is 32.2. The van der Waals surface area contributed by atoms with Gasteiger partial charge in [0.15, 0.2) is 11.0 Å². The van der Waals surface area contributed by atoms with Crippen LogP contribution in [0.2, 0.25) is 0 Å². The number of nitrogens with zero attached hydrogens (tertiary/aromatic N) is 4. The van der Waals surface area contributed by atoms with Gasteiger partial charge in [0.1, 0.15) is 0 Å². The first-order valence-corrected chi connectivity index (χ1v) is 12.9. The predicted octanol–water partition coefficient (Wildman–Crippen LogP) is 3.10. The molecule has 176 valence electrons. The Hall–Kier alpha value is -2.89. The summed E-state index contributed by atoms with van der Waals surface area (Å²) in [6.45, 7) is 7.90. The number of aromatic nitrogens is 3. The number of nitrogens with two attached hydrogens (primary N) is 1. The van der Waals surface area contributed by atoms with Gasteiger partial charge in [-0.3, -0.25) is 4.79 Å². The molecule has 9 nitrogen and oxygen atoms in total. The number of nitrogens with one attached hydrogen (secondary N) is 1. The van der Waals surface area contributed by atoms with E-state index in [1.54, 1.807) is 6.92 Å². The third-order valence-electron chi connectivity index (χ3n) is 5.19. The van der Waals surface area contributed by atoms with Gasteiger partial charge < -0.3 is 14.8 Å². The van der Waals surface area contributed by atoms with E-state index in [9.17, 15) is 13.2 Å². The van der Waals surface area contributed by atoms with E-state index in [1.165, 1.54) is 36.0 Å². The molecule has 0 fully saturated rings. The van der Waals surface area contributed by atoms with Crippen LogP contribution in [0.3, 0.4) is 0 Å². The van der Waals surface area contributed by atoms with Crippen molar-refractivity contribution in [3.63, 3.8) is 0 Å². The predicted molar refractivity (Wildman–Crippen MR) is 132 cm³/mol. The standard InChI is InChI=1S/C22H28N6O3S2/c1-5-28(6-2)18-11-7-16(8-12-18)20-25-26-22(27(20)4)32-15(3)21(29)24-17-9-13-19(14-10-17)33(23,30)31/h7-15H,5-6H2,1-4H3,(H,24,29)(H2,23,30,31). The summed E-state index contributed by atoms with van der Waals surface area (Å²) in [6.07, 6.45) is 0. The van der Waals surface area contributed by atoms with Gasteiger partial charge in [0.05, 0.1) is 10.1 Å². The lowest BCUT2D eigenvalue weighted by Gasteiger charge is -2.21. The molecule has 11 heteroatoms. The maximum Gasteiger partial charge on any atom is 0.238 e. The van der Waals surface area contributed by atoms with Crippen LogP contribution in [0, 0.1) is 0 Å². The van der Waals surface area contributed by atoms with E-state index in [0.29, 0.717) is 10.8 Å². The van der Waals surface area contributed by atoms with E-state index < -0.39 is 15.3 Å². The summed E-state index contributed by atoms with van der Waals surface area (Å²) in [5.41, 5.74) is 2.58. The maximum absolute atomic E-state index is 12.6. The molecule has 1 aromatic heterocycles. The minimum absolute atomic E-state index is 0.0142. The number of carbonyl (C=O) groups excluding carboxylic acids is 1. The Labute approximate surface area is 198 Å². The lowest BCUT2D eigenvalue weighted by molar-refractivity contribution is -0.115. The second-order valence-electron chi connectivity index (χ2n) is 7.40. The highest BCUT2D eigenvalue weighted by molar-refractivity contribution is 8.00. The zero-order valence-electron chi connectivity index (χ0n) is 19.0. The Kier molecular flexibility index (Phi) is 7.77. The monoisotopic (exact) mass is 488 g/mol. The van der Waals surface area contributed by atoms with E-state index in [0.717, 1.165) is 30.2 Å². The SMILES string of the molecule is CCN(CC)c1ccc(-c2nnc(SC(C)C(=O)Nc3ccc(S(N)(=O)=O)cc3)n2C)cc1. The topological polar surface area (TPSA) is 123 Å². The van der Waals surface area contributed by atoms with E-state index in [1.807, 2.05) is 23.7 Å². The molecule has 2 aromatic carbocycles. The average molecular weight is 489 g/mol. The first-order chi connectivity index (χ1) is 15.6. The maximum atomic E-state index is 12.6. The number of carbonyl (C=O) groups is 1. The van der Waals surface area contributed by atoms with Crippen molar-refractivity contribution in [3.05, 3.63) is 48.5 Å². The number of sulfonamides is 1. The second kappa shape index (κ2) is 10.4. The Bertz CT molecular complexity index is 1200. The number of benzene rings is 2. The van der Waals surface area contributed by atoms with Crippen LogP contribution in [0.25, 0.3) is 11.4 Å². The molecule has 1 unspecified atom stereocenters. The first-order valence-electron chi connectivity index (χ1n) is 10.5. The van der Waals surface area contributed by atoms with Gasteiger partial charge in [0, 0.05) is 37.1 Å². The number of thioether (sulfide) groups is 1. The zero-order valence-corrected chi connectivity index (χ0v) is 20.7. The third kappa shape index (κ3) is 5.92. The number of anilines is 2. The van der Waals surface area contributed by atoms with Crippen LogP contribution < -0.4 is 15.4 Å². The molecule has 0 saturated heterocycles. The number of amides is 1. The molecular weight excluding hydrogens is 460 g/mol. The number of rotatable bonds is 9. The molecule has 0 aliphatic carbocycles. The van der Waals surface area contributed by atoms with Crippen LogP contribution >= 0.6 is 11.8 Å². The fourth-order valence-corrected chi connectivity index (χ4v) is 4.59. The van der Waals surface area contributed by atoms with Gasteiger partial charge >= 0.3 is 0 Å². The minimum atomic E-state index is -3.78. The Morgan fingerprint density at radius 1 is 1.09 bits per heavy atom. The summed E-state index contributed by atoms with van der Waals surface area (Å²) in [5.74, 6) is 0.478. The smallest absolute Gasteiger partial charge is 0.238 e. The van der Waals surface area contributed by atoms with Gasteiger partial charge in [-0.2, -0.15) is 0 Å². The quantitative estimate of drug-likeness (QED) is 0.444. The van der Waals surface area contributed by atoms with Crippen LogP contribution in [0.5, 0.6) is 0 Å². The second-order valence-corrected chi connectivity index (χ2v) is 10.3. The van der Waals surface area contributed by atoms with Crippen LogP contribution in [-0.2, 0) is 21.9 Å². The molecule has 1 amide bonds. The average Bonchev–Trinajstić information content (AvgIpc) is 3.15. The van der Waals surface area contributed by atoms with Crippen molar-refractivity contribution in [1.29, 1.82) is 0 Å². The molecule has 1 heterocycles. The van der Waals surface area contributed by atoms with Crippen LogP contribution in [0.1, 0.15) is 20.8 Å². The Balaban J connectivity index is 1.67. The van der Waals surface area contributed by atoms with Gasteiger partial charge in [0.2, 0.25) is 15.9 Å². The van der Waals surface area contributed by atoms with E-state index in [-0.39, 0.29) is 10.8 Å². The van der Waals surface area contributed by atoms with E-state index >= 15 is 0 Å². The fraction of sp³-hybridized carbons (Fsp3) is 0.318. The minimum Gasteiger partial charge on any atom is -0.372 e. The van der Waals surface area contributed by atoms with Gasteiger partial charge in [-0.05, 0) is 69.3 Å². The molecule has 0 saturated carbocycles. The summed E-state index contributed by atoms with van der Waals surface area (Å²) in [6, 6.07) is 13.9. The summed E-state index contributed by atoms with van der Waals surface area (Å²) in [4.78, 5) is 14.9. The Morgan fingerprint density at radius 2 is 1.70 bits per heavy atom. The highest BCUT2D eigenvalue weighted by Gasteiger charge is 2.20. The van der Waals surface area contributed by atoms with Crippen molar-refractivity contribution in [2.75, 3.05) is 23.3 Å². The Morgan fingerprint density at radius 3 is 2.24 bits per heavy atom. The van der Waals surface area contributed by atoms with Crippen molar-refractivity contribution in [2.45, 2.75) is 36.1 Å². The molecule has 0 bridgehead atoms. The summed E-state index contributed by atoms with van der Waals surface area (Å²) < 4.78 is 24.6. The molecule has 3 aromatic rings. The summed E-state index contributed by atoms with van der Waals surface area (Å²) in [7, 11) is -1.91. The first kappa shape index (κ1) is 24.7. The van der Waals surface area contributed by atoms with Crippen LogP contribution in [0.4, 0.5) is 11.4 Å². The van der Waals surface area contributed by atoms with Crippen LogP contribution in [-0.4, -0.2) is 47.4 Å². The van der Waals surface area contributed by atoms with Gasteiger partial charge in [-0.1, -0.05) is 11.8 Å². The molecule has 3 rings (SSSR count). The normalized spacial score (nSPS) is 12.4. The number of primary sulfonamides is 1. The summed E-state index contributed by atoms with van der Waals surface area (Å²) >= 11 is 1.29. The largest absolute Gasteiger partial charge is 0.372 e. The molecule has 0 aliphatic rings. The fourth-order valence-electron chi connectivity index (χ4n) is 3.26. The zero-order chi connectivity index (χ0) is 24.2. The van der Waals surface area contributed by atoms with Gasteiger partial charge in [-0.15, -0.1) is 10.2 Å². The van der Waals surface area contributed by atoms with Crippen molar-refractivity contribution in [3.8, 4) is 11.4 Å². The molecule has 0 aliphatic heterocycles. The van der Waals surface area contributed by atoms with E-state index in [2.05, 4.69) is 46.4 Å². The molecule has 0 radical (unpaired) electrons. The van der Waals surface area contributed by atoms with Crippen molar-refractivity contribution in [1.82, 2.24) is 14.8 Å².